The summed E-state index contributed by atoms with van der Waals surface area (Å²) in [5, 5.41) is 12.7. The highest BCUT2D eigenvalue weighted by atomic mass is 35.5. The third kappa shape index (κ3) is 5.73. The van der Waals surface area contributed by atoms with Gasteiger partial charge in [-0.1, -0.05) is 12.1 Å². The number of nitrogens with zero attached hydrogens (tertiary/aromatic N) is 1. The Hall–Kier alpha value is -0.980. The summed E-state index contributed by atoms with van der Waals surface area (Å²) in [6.45, 7) is 3.00. The number of aromatic hydroxyl groups is 1. The molecule has 1 aliphatic heterocycles. The van der Waals surface area contributed by atoms with Crippen molar-refractivity contribution >= 4 is 12.4 Å². The number of nitrogens with one attached hydrogen (secondary N) is 1. The number of halogens is 4. The van der Waals surface area contributed by atoms with Gasteiger partial charge in [0.05, 0.1) is 0 Å². The van der Waals surface area contributed by atoms with E-state index >= 15 is 0 Å². The van der Waals surface area contributed by atoms with Crippen molar-refractivity contribution in [2.45, 2.75) is 25.1 Å². The molecule has 0 radical (unpaired) electrons. The van der Waals surface area contributed by atoms with E-state index in [9.17, 15) is 18.3 Å². The smallest absolute Gasteiger partial charge is 0.389 e. The zero-order valence-corrected chi connectivity index (χ0v) is 12.4. The highest BCUT2D eigenvalue weighted by molar-refractivity contribution is 5.85. The van der Waals surface area contributed by atoms with Gasteiger partial charge in [0.2, 0.25) is 0 Å². The molecule has 2 rings (SSSR count). The first-order valence-corrected chi connectivity index (χ1v) is 6.76. The van der Waals surface area contributed by atoms with Crippen molar-refractivity contribution < 1.29 is 18.3 Å². The molecule has 0 unspecified atom stereocenters. The number of piperazine rings is 1. The van der Waals surface area contributed by atoms with Crippen LogP contribution in [-0.2, 0) is 0 Å². The molecule has 1 aliphatic rings. The van der Waals surface area contributed by atoms with Gasteiger partial charge in [0.1, 0.15) is 5.75 Å². The average Bonchev–Trinajstić information content (AvgIpc) is 2.39. The van der Waals surface area contributed by atoms with Gasteiger partial charge < -0.3 is 10.4 Å². The molecule has 1 saturated heterocycles. The molecule has 1 atom stereocenters. The SMILES string of the molecule is Cl.Oc1cccc([C@H](CCC(F)(F)F)N2CCNCC2)c1. The first kappa shape index (κ1) is 18.1. The van der Waals surface area contributed by atoms with Crippen LogP contribution in [0.25, 0.3) is 0 Å². The molecule has 0 spiro atoms. The van der Waals surface area contributed by atoms with Gasteiger partial charge in [-0.2, -0.15) is 13.2 Å². The van der Waals surface area contributed by atoms with Crippen LogP contribution in [0.2, 0.25) is 0 Å². The van der Waals surface area contributed by atoms with Crippen molar-refractivity contribution in [3.05, 3.63) is 29.8 Å². The lowest BCUT2D eigenvalue weighted by molar-refractivity contribution is -0.138. The van der Waals surface area contributed by atoms with Crippen LogP contribution in [-0.4, -0.2) is 42.4 Å². The first-order valence-electron chi connectivity index (χ1n) is 6.76. The minimum absolute atomic E-state index is 0. The summed E-state index contributed by atoms with van der Waals surface area (Å²) in [4.78, 5) is 2.05. The number of phenols is 1. The molecular weight excluding hydrogens is 305 g/mol. The van der Waals surface area contributed by atoms with E-state index in [2.05, 4.69) is 10.2 Å². The Morgan fingerprint density at radius 2 is 1.90 bits per heavy atom. The lowest BCUT2D eigenvalue weighted by atomic mass is 9.99. The maximum atomic E-state index is 12.5. The lowest BCUT2D eigenvalue weighted by Gasteiger charge is -2.35. The van der Waals surface area contributed by atoms with Crippen LogP contribution in [0.3, 0.4) is 0 Å². The van der Waals surface area contributed by atoms with Crippen molar-refractivity contribution in [1.82, 2.24) is 10.2 Å². The van der Waals surface area contributed by atoms with Gasteiger partial charge in [-0.05, 0) is 24.1 Å². The lowest BCUT2D eigenvalue weighted by Crippen LogP contribution is -2.45. The highest BCUT2D eigenvalue weighted by Crippen LogP contribution is 2.32. The zero-order valence-electron chi connectivity index (χ0n) is 11.6. The van der Waals surface area contributed by atoms with Gasteiger partial charge in [-0.3, -0.25) is 4.90 Å². The van der Waals surface area contributed by atoms with Gasteiger partial charge in [0.15, 0.2) is 0 Å². The van der Waals surface area contributed by atoms with Gasteiger partial charge in [-0.15, -0.1) is 12.4 Å². The summed E-state index contributed by atoms with van der Waals surface area (Å²) in [5.41, 5.74) is 0.746. The molecule has 1 aromatic rings. The quantitative estimate of drug-likeness (QED) is 0.893. The fourth-order valence-electron chi connectivity index (χ4n) is 2.59. The number of phenolic OH excluding ortho intramolecular Hbond substituents is 1. The van der Waals surface area contributed by atoms with E-state index in [1.54, 1.807) is 18.2 Å². The Morgan fingerprint density at radius 1 is 1.24 bits per heavy atom. The van der Waals surface area contributed by atoms with E-state index in [-0.39, 0.29) is 30.6 Å². The van der Waals surface area contributed by atoms with E-state index in [4.69, 9.17) is 0 Å². The van der Waals surface area contributed by atoms with Crippen molar-refractivity contribution in [3.63, 3.8) is 0 Å². The predicted octanol–water partition coefficient (Wildman–Crippen LogP) is 3.10. The molecule has 0 saturated carbocycles. The third-order valence-electron chi connectivity index (χ3n) is 3.55. The van der Waals surface area contributed by atoms with Crippen LogP contribution in [0, 0.1) is 0 Å². The molecule has 1 heterocycles. The van der Waals surface area contributed by atoms with Gasteiger partial charge in [0.25, 0.3) is 0 Å². The van der Waals surface area contributed by atoms with Crippen LogP contribution in [0.15, 0.2) is 24.3 Å². The molecule has 0 aliphatic carbocycles. The molecule has 7 heteroatoms. The monoisotopic (exact) mass is 324 g/mol. The Labute approximate surface area is 128 Å². The maximum absolute atomic E-state index is 12.5. The normalized spacial score (nSPS) is 18.0. The summed E-state index contributed by atoms with van der Waals surface area (Å²) in [5.74, 6) is 0.0923. The van der Waals surface area contributed by atoms with Gasteiger partial charge in [0, 0.05) is 38.6 Å². The molecule has 1 fully saturated rings. The van der Waals surface area contributed by atoms with E-state index in [0.29, 0.717) is 0 Å². The largest absolute Gasteiger partial charge is 0.508 e. The number of alkyl halides is 3. The van der Waals surface area contributed by atoms with E-state index in [0.717, 1.165) is 31.7 Å². The Morgan fingerprint density at radius 3 is 2.48 bits per heavy atom. The van der Waals surface area contributed by atoms with Crippen LogP contribution in [0.4, 0.5) is 13.2 Å². The predicted molar refractivity (Wildman–Crippen MR) is 77.8 cm³/mol. The summed E-state index contributed by atoms with van der Waals surface area (Å²) in [6.07, 6.45) is -4.94. The number of benzene rings is 1. The summed E-state index contributed by atoms with van der Waals surface area (Å²) in [6, 6.07) is 6.24. The first-order chi connectivity index (χ1) is 9.46. The third-order valence-corrected chi connectivity index (χ3v) is 3.55. The van der Waals surface area contributed by atoms with Crippen molar-refractivity contribution in [2.75, 3.05) is 26.2 Å². The number of hydrogen-bond donors (Lipinski definition) is 2. The Kier molecular flexibility index (Phi) is 6.77. The molecular formula is C14H20ClF3N2O. The molecule has 3 nitrogen and oxygen atoms in total. The molecule has 0 aromatic heterocycles. The second-order valence-electron chi connectivity index (χ2n) is 5.05. The standard InChI is InChI=1S/C14H19F3N2O.ClH/c15-14(16,17)5-4-13(19-8-6-18-7-9-19)11-2-1-3-12(20)10-11;/h1-3,10,13,18,20H,4-9H2;1H/t13-;/m0./s1. The van der Waals surface area contributed by atoms with Crippen LogP contribution in [0.1, 0.15) is 24.4 Å². The topological polar surface area (TPSA) is 35.5 Å². The molecule has 0 amide bonds. The van der Waals surface area contributed by atoms with Crippen molar-refractivity contribution in [2.24, 2.45) is 0 Å². The zero-order chi connectivity index (χ0) is 14.6. The van der Waals surface area contributed by atoms with Gasteiger partial charge in [-0.25, -0.2) is 0 Å². The molecule has 120 valence electrons. The second kappa shape index (κ2) is 7.87. The maximum Gasteiger partial charge on any atom is 0.389 e. The average molecular weight is 325 g/mol. The molecule has 1 aromatic carbocycles. The fourth-order valence-corrected chi connectivity index (χ4v) is 2.59. The highest BCUT2D eigenvalue weighted by Gasteiger charge is 2.31. The summed E-state index contributed by atoms with van der Waals surface area (Å²) in [7, 11) is 0. The minimum atomic E-state index is -4.15. The Balaban J connectivity index is 0.00000220. The number of rotatable bonds is 4. The fraction of sp³-hybridized carbons (Fsp3) is 0.571. The minimum Gasteiger partial charge on any atom is -0.508 e. The van der Waals surface area contributed by atoms with E-state index < -0.39 is 12.6 Å². The number of hydrogen-bond acceptors (Lipinski definition) is 3. The summed E-state index contributed by atoms with van der Waals surface area (Å²) >= 11 is 0. The molecule has 0 bridgehead atoms. The molecule has 2 N–H and O–H groups in total. The Bertz CT molecular complexity index is 436. The van der Waals surface area contributed by atoms with E-state index in [1.165, 1.54) is 6.07 Å². The second-order valence-corrected chi connectivity index (χ2v) is 5.05. The van der Waals surface area contributed by atoms with Gasteiger partial charge >= 0.3 is 6.18 Å². The molecule has 21 heavy (non-hydrogen) atoms. The van der Waals surface area contributed by atoms with Crippen LogP contribution < -0.4 is 5.32 Å². The van der Waals surface area contributed by atoms with Crippen LogP contribution >= 0.6 is 12.4 Å². The van der Waals surface area contributed by atoms with Crippen molar-refractivity contribution in [3.8, 4) is 5.75 Å². The van der Waals surface area contributed by atoms with E-state index in [1.807, 2.05) is 0 Å². The van der Waals surface area contributed by atoms with Crippen molar-refractivity contribution in [1.29, 1.82) is 0 Å². The van der Waals surface area contributed by atoms with Crippen LogP contribution in [0.5, 0.6) is 5.75 Å². The summed E-state index contributed by atoms with van der Waals surface area (Å²) < 4.78 is 37.5.